The van der Waals surface area contributed by atoms with Crippen LogP contribution < -0.4 is 0 Å². The highest BCUT2D eigenvalue weighted by Gasteiger charge is 2.39. The van der Waals surface area contributed by atoms with Crippen LogP contribution in [-0.4, -0.2) is 9.55 Å². The highest BCUT2D eigenvalue weighted by Crippen LogP contribution is 2.44. The van der Waals surface area contributed by atoms with E-state index in [9.17, 15) is 13.2 Å². The van der Waals surface area contributed by atoms with E-state index in [1.807, 2.05) is 4.57 Å². The van der Waals surface area contributed by atoms with E-state index in [-0.39, 0.29) is 5.54 Å². The van der Waals surface area contributed by atoms with Gasteiger partial charge in [-0.3, -0.25) is 0 Å². The fourth-order valence-electron chi connectivity index (χ4n) is 3.08. The molecule has 0 spiro atoms. The summed E-state index contributed by atoms with van der Waals surface area (Å²) < 4.78 is 40.8. The molecule has 0 saturated heterocycles. The summed E-state index contributed by atoms with van der Waals surface area (Å²) in [6.07, 6.45) is -0.180. The number of fused-ring (bicyclic) bond motifs is 1. The fraction of sp³-hybridized carbons (Fsp3) is 0.500. The van der Waals surface area contributed by atoms with Crippen molar-refractivity contribution in [2.75, 3.05) is 0 Å². The van der Waals surface area contributed by atoms with Crippen molar-refractivity contribution in [3.8, 4) is 0 Å². The molecule has 0 bridgehead atoms. The van der Waals surface area contributed by atoms with Gasteiger partial charge in [-0.25, -0.2) is 0 Å². The van der Waals surface area contributed by atoms with Gasteiger partial charge in [0.2, 0.25) is 0 Å². The zero-order valence-corrected chi connectivity index (χ0v) is 11.9. The zero-order chi connectivity index (χ0) is 14.5. The van der Waals surface area contributed by atoms with Crippen LogP contribution in [0.3, 0.4) is 0 Å². The lowest BCUT2D eigenvalue weighted by Gasteiger charge is -2.43. The molecule has 0 atom stereocenters. The first-order chi connectivity index (χ1) is 9.37. The number of alkyl halides is 3. The highest BCUT2D eigenvalue weighted by atomic mass is 32.1. The number of hydrogen-bond acceptors (Lipinski definition) is 1. The number of aromatic amines is 1. The summed E-state index contributed by atoms with van der Waals surface area (Å²) in [5.41, 5.74) is 0.566. The van der Waals surface area contributed by atoms with Gasteiger partial charge in [-0.05, 0) is 56.1 Å². The Morgan fingerprint density at radius 3 is 2.55 bits per heavy atom. The molecule has 1 fully saturated rings. The largest absolute Gasteiger partial charge is 0.416 e. The molecule has 0 amide bonds. The van der Waals surface area contributed by atoms with Gasteiger partial charge in [0.05, 0.1) is 16.6 Å². The standard InChI is InChI=1S/C14H15F3N2S/c1-2-13(6-3-7-13)19-11-5-4-9(14(15,16)17)8-10(11)18-12(19)20/h4-5,8H,2-3,6-7H2,1H3,(H,18,20). The minimum Gasteiger partial charge on any atom is -0.331 e. The Morgan fingerprint density at radius 2 is 2.05 bits per heavy atom. The van der Waals surface area contributed by atoms with Crippen LogP contribution in [0.15, 0.2) is 18.2 Å². The molecular formula is C14H15F3N2S. The molecule has 1 saturated carbocycles. The number of aromatic nitrogens is 2. The van der Waals surface area contributed by atoms with Crippen LogP contribution in [0.25, 0.3) is 11.0 Å². The molecular weight excluding hydrogens is 285 g/mol. The van der Waals surface area contributed by atoms with Crippen LogP contribution in [0.4, 0.5) is 13.2 Å². The number of hydrogen-bond donors (Lipinski definition) is 1. The number of halogens is 3. The lowest BCUT2D eigenvalue weighted by atomic mass is 9.74. The molecule has 1 heterocycles. The fourth-order valence-corrected chi connectivity index (χ4v) is 3.48. The smallest absolute Gasteiger partial charge is 0.331 e. The molecule has 2 aromatic rings. The Hall–Kier alpha value is -1.30. The molecule has 2 nitrogen and oxygen atoms in total. The van der Waals surface area contributed by atoms with Gasteiger partial charge in [-0.2, -0.15) is 13.2 Å². The summed E-state index contributed by atoms with van der Waals surface area (Å²) >= 11 is 5.33. The number of imidazole rings is 1. The highest BCUT2D eigenvalue weighted by molar-refractivity contribution is 7.71. The van der Waals surface area contributed by atoms with Gasteiger partial charge in [0.15, 0.2) is 4.77 Å². The molecule has 3 rings (SSSR count). The molecule has 6 heteroatoms. The number of benzene rings is 1. The van der Waals surface area contributed by atoms with Crippen LogP contribution in [0.2, 0.25) is 0 Å². The summed E-state index contributed by atoms with van der Waals surface area (Å²) in [4.78, 5) is 2.93. The van der Waals surface area contributed by atoms with Gasteiger partial charge in [0, 0.05) is 5.54 Å². The molecule has 1 aliphatic carbocycles. The molecule has 0 unspecified atom stereocenters. The Bertz CT molecular complexity index is 702. The Balaban J connectivity index is 2.21. The third-order valence-electron chi connectivity index (χ3n) is 4.43. The van der Waals surface area contributed by atoms with E-state index in [4.69, 9.17) is 12.2 Å². The van der Waals surface area contributed by atoms with Crippen molar-refractivity contribution in [3.63, 3.8) is 0 Å². The lowest BCUT2D eigenvalue weighted by molar-refractivity contribution is -0.137. The van der Waals surface area contributed by atoms with E-state index in [0.717, 1.165) is 43.3 Å². The number of nitrogens with zero attached hydrogens (tertiary/aromatic N) is 1. The third kappa shape index (κ3) is 1.89. The van der Waals surface area contributed by atoms with Crippen LogP contribution in [0.1, 0.15) is 38.2 Å². The van der Waals surface area contributed by atoms with Gasteiger partial charge in [-0.15, -0.1) is 0 Å². The van der Waals surface area contributed by atoms with Gasteiger partial charge in [-0.1, -0.05) is 6.92 Å². The average Bonchev–Trinajstić information content (AvgIpc) is 2.64. The number of nitrogens with one attached hydrogen (secondary N) is 1. The van der Waals surface area contributed by atoms with Crippen LogP contribution >= 0.6 is 12.2 Å². The van der Waals surface area contributed by atoms with Crippen molar-refractivity contribution in [1.29, 1.82) is 0 Å². The normalized spacial score (nSPS) is 18.2. The van der Waals surface area contributed by atoms with Crippen molar-refractivity contribution in [2.45, 2.75) is 44.3 Å². The van der Waals surface area contributed by atoms with Crippen LogP contribution in [0, 0.1) is 4.77 Å². The summed E-state index contributed by atoms with van der Waals surface area (Å²) in [6.45, 7) is 2.10. The van der Waals surface area contributed by atoms with Crippen molar-refractivity contribution >= 4 is 23.3 Å². The maximum Gasteiger partial charge on any atom is 0.416 e. The van der Waals surface area contributed by atoms with Crippen molar-refractivity contribution in [3.05, 3.63) is 28.5 Å². The Labute approximate surface area is 119 Å². The van der Waals surface area contributed by atoms with E-state index >= 15 is 0 Å². The first-order valence-corrected chi connectivity index (χ1v) is 7.11. The van der Waals surface area contributed by atoms with Crippen LogP contribution in [-0.2, 0) is 11.7 Å². The first-order valence-electron chi connectivity index (χ1n) is 6.70. The summed E-state index contributed by atoms with van der Waals surface area (Å²) in [6, 6.07) is 3.80. The lowest BCUT2D eigenvalue weighted by Crippen LogP contribution is -2.39. The minimum absolute atomic E-state index is 0.0188. The van der Waals surface area contributed by atoms with Gasteiger partial charge in [0.25, 0.3) is 0 Å². The molecule has 0 aliphatic heterocycles. The summed E-state index contributed by atoms with van der Waals surface area (Å²) in [7, 11) is 0. The van der Waals surface area contributed by atoms with Crippen molar-refractivity contribution in [2.24, 2.45) is 0 Å². The average molecular weight is 300 g/mol. The van der Waals surface area contributed by atoms with Crippen molar-refractivity contribution in [1.82, 2.24) is 9.55 Å². The second-order valence-electron chi connectivity index (χ2n) is 5.43. The maximum absolute atomic E-state index is 12.8. The number of H-pyrrole nitrogens is 1. The van der Waals surface area contributed by atoms with Crippen molar-refractivity contribution < 1.29 is 13.2 Å². The third-order valence-corrected chi connectivity index (χ3v) is 4.71. The molecule has 1 aromatic carbocycles. The predicted molar refractivity (Wildman–Crippen MR) is 74.2 cm³/mol. The Morgan fingerprint density at radius 1 is 1.35 bits per heavy atom. The second kappa shape index (κ2) is 4.35. The van der Waals surface area contributed by atoms with E-state index in [2.05, 4.69) is 11.9 Å². The SMILES string of the molecule is CCC1(n2c(=S)[nH]c3cc(C(F)(F)F)ccc32)CCC1. The van der Waals surface area contributed by atoms with E-state index < -0.39 is 11.7 Å². The molecule has 1 aromatic heterocycles. The second-order valence-corrected chi connectivity index (χ2v) is 5.81. The van der Waals surface area contributed by atoms with Crippen LogP contribution in [0.5, 0.6) is 0 Å². The van der Waals surface area contributed by atoms with Gasteiger partial charge in [0.1, 0.15) is 0 Å². The minimum atomic E-state index is -4.33. The summed E-state index contributed by atoms with van der Waals surface area (Å²) in [5.74, 6) is 0. The summed E-state index contributed by atoms with van der Waals surface area (Å²) in [5, 5.41) is 0. The van der Waals surface area contributed by atoms with Gasteiger partial charge < -0.3 is 9.55 Å². The van der Waals surface area contributed by atoms with E-state index in [1.165, 1.54) is 6.07 Å². The molecule has 20 heavy (non-hydrogen) atoms. The monoisotopic (exact) mass is 300 g/mol. The quantitative estimate of drug-likeness (QED) is 0.773. The Kier molecular flexibility index (Phi) is 2.97. The predicted octanol–water partition coefficient (Wildman–Crippen LogP) is 5.01. The molecule has 1 N–H and O–H groups in total. The number of rotatable bonds is 2. The first kappa shape index (κ1) is 13.7. The van der Waals surface area contributed by atoms with Gasteiger partial charge >= 0.3 is 6.18 Å². The molecule has 1 aliphatic rings. The molecule has 0 radical (unpaired) electrons. The van der Waals surface area contributed by atoms with E-state index in [1.54, 1.807) is 0 Å². The molecule has 108 valence electrons. The van der Waals surface area contributed by atoms with E-state index in [0.29, 0.717) is 10.3 Å². The maximum atomic E-state index is 12.8. The topological polar surface area (TPSA) is 20.7 Å². The zero-order valence-electron chi connectivity index (χ0n) is 11.0.